The van der Waals surface area contributed by atoms with E-state index in [-0.39, 0.29) is 12.5 Å². The van der Waals surface area contributed by atoms with Gasteiger partial charge in [0.1, 0.15) is 11.5 Å². The van der Waals surface area contributed by atoms with Crippen LogP contribution in [0.3, 0.4) is 0 Å². The maximum atomic E-state index is 12.1. The maximum absolute atomic E-state index is 12.1. The van der Waals surface area contributed by atoms with Crippen LogP contribution in [-0.4, -0.2) is 37.7 Å². The molecule has 9 nitrogen and oxygen atoms in total. The number of methoxy groups -OCH3 is 1. The molecule has 3 aromatic rings. The van der Waals surface area contributed by atoms with E-state index in [1.165, 1.54) is 13.3 Å². The van der Waals surface area contributed by atoms with Crippen LogP contribution >= 0.6 is 11.6 Å². The summed E-state index contributed by atoms with van der Waals surface area (Å²) >= 11 is 5.94. The molecule has 0 aromatic heterocycles. The zero-order chi connectivity index (χ0) is 24.3. The normalized spacial score (nSPS) is 10.4. The predicted molar refractivity (Wildman–Crippen MR) is 129 cm³/mol. The first kappa shape index (κ1) is 24.3. The summed E-state index contributed by atoms with van der Waals surface area (Å²) < 4.78 is 10.7. The standard InChI is InChI=1S/C24H21ClN4O5/c1-33-21-9-5-4-8-20(21)27-22(30)15-34-17-12-10-16(11-13-17)14-26-29-24(32)23(31)28-19-7-3-2-6-18(19)25/h2-14H,15H2,1H3,(H,27,30)(H,28,31)(H,29,32)/b26-14-. The quantitative estimate of drug-likeness (QED) is 0.259. The van der Waals surface area contributed by atoms with E-state index in [0.717, 1.165) is 0 Å². The van der Waals surface area contributed by atoms with Gasteiger partial charge in [-0.3, -0.25) is 14.4 Å². The Morgan fingerprint density at radius 3 is 2.26 bits per heavy atom. The van der Waals surface area contributed by atoms with Gasteiger partial charge in [-0.05, 0) is 54.1 Å². The molecule has 0 aliphatic heterocycles. The van der Waals surface area contributed by atoms with Crippen LogP contribution in [0.5, 0.6) is 11.5 Å². The number of carbonyl (C=O) groups excluding carboxylic acids is 3. The van der Waals surface area contributed by atoms with Crippen LogP contribution in [0.1, 0.15) is 5.56 Å². The number of anilines is 2. The molecule has 174 valence electrons. The van der Waals surface area contributed by atoms with Crippen LogP contribution in [0, 0.1) is 0 Å². The summed E-state index contributed by atoms with van der Waals surface area (Å²) in [5, 5.41) is 9.19. The fourth-order valence-corrected chi connectivity index (χ4v) is 2.87. The third-order valence-electron chi connectivity index (χ3n) is 4.34. The molecule has 0 bridgehead atoms. The highest BCUT2D eigenvalue weighted by atomic mass is 35.5. The summed E-state index contributed by atoms with van der Waals surface area (Å²) in [6.07, 6.45) is 1.36. The molecule has 0 aliphatic carbocycles. The number of nitrogens with zero attached hydrogens (tertiary/aromatic N) is 1. The number of halogens is 1. The van der Waals surface area contributed by atoms with Crippen molar-refractivity contribution < 1.29 is 23.9 Å². The zero-order valence-electron chi connectivity index (χ0n) is 18.1. The van der Waals surface area contributed by atoms with E-state index >= 15 is 0 Å². The maximum Gasteiger partial charge on any atom is 0.329 e. The summed E-state index contributed by atoms with van der Waals surface area (Å²) in [6.45, 7) is -0.192. The van der Waals surface area contributed by atoms with E-state index in [1.54, 1.807) is 72.8 Å². The van der Waals surface area contributed by atoms with Gasteiger partial charge in [-0.25, -0.2) is 5.43 Å². The molecular weight excluding hydrogens is 460 g/mol. The van der Waals surface area contributed by atoms with Gasteiger partial charge in [0.25, 0.3) is 5.91 Å². The van der Waals surface area contributed by atoms with Crippen LogP contribution in [-0.2, 0) is 14.4 Å². The van der Waals surface area contributed by atoms with Crippen LogP contribution in [0.4, 0.5) is 11.4 Å². The molecule has 0 saturated heterocycles. The smallest absolute Gasteiger partial charge is 0.329 e. The van der Waals surface area contributed by atoms with Gasteiger partial charge in [0.05, 0.1) is 29.7 Å². The average Bonchev–Trinajstić information content (AvgIpc) is 2.85. The summed E-state index contributed by atoms with van der Waals surface area (Å²) in [4.78, 5) is 35.9. The Morgan fingerprint density at radius 1 is 0.882 bits per heavy atom. The molecule has 0 radical (unpaired) electrons. The Bertz CT molecular complexity index is 1200. The van der Waals surface area contributed by atoms with Crippen molar-refractivity contribution in [2.75, 3.05) is 24.4 Å². The summed E-state index contributed by atoms with van der Waals surface area (Å²) in [6, 6.07) is 20.2. The van der Waals surface area contributed by atoms with Crippen molar-refractivity contribution in [3.63, 3.8) is 0 Å². The van der Waals surface area contributed by atoms with Crippen molar-refractivity contribution in [1.29, 1.82) is 0 Å². The highest BCUT2D eigenvalue weighted by Crippen LogP contribution is 2.23. The molecule has 0 fully saturated rings. The average molecular weight is 481 g/mol. The molecule has 3 amide bonds. The topological polar surface area (TPSA) is 118 Å². The number of carbonyl (C=O) groups is 3. The van der Waals surface area contributed by atoms with Gasteiger partial charge in [-0.1, -0.05) is 35.9 Å². The van der Waals surface area contributed by atoms with Crippen molar-refractivity contribution in [2.24, 2.45) is 5.10 Å². The summed E-state index contributed by atoms with van der Waals surface area (Å²) in [5.74, 6) is -1.17. The van der Waals surface area contributed by atoms with Gasteiger partial charge in [-0.2, -0.15) is 5.10 Å². The minimum absolute atomic E-state index is 0.192. The largest absolute Gasteiger partial charge is 0.495 e. The van der Waals surface area contributed by atoms with E-state index in [2.05, 4.69) is 21.2 Å². The minimum Gasteiger partial charge on any atom is -0.495 e. The molecule has 3 aromatic carbocycles. The van der Waals surface area contributed by atoms with Gasteiger partial charge in [0.15, 0.2) is 6.61 Å². The number of para-hydroxylation sites is 3. The molecule has 0 unspecified atom stereocenters. The van der Waals surface area contributed by atoms with Crippen LogP contribution in [0.15, 0.2) is 77.9 Å². The molecule has 10 heteroatoms. The van der Waals surface area contributed by atoms with E-state index in [1.807, 2.05) is 0 Å². The monoisotopic (exact) mass is 480 g/mol. The van der Waals surface area contributed by atoms with Gasteiger partial charge >= 0.3 is 11.8 Å². The third-order valence-corrected chi connectivity index (χ3v) is 4.67. The predicted octanol–water partition coefficient (Wildman–Crippen LogP) is 3.45. The SMILES string of the molecule is COc1ccccc1NC(=O)COc1ccc(/C=N\NC(=O)C(=O)Nc2ccccc2Cl)cc1. The van der Waals surface area contributed by atoms with E-state index < -0.39 is 11.8 Å². The Morgan fingerprint density at radius 2 is 1.56 bits per heavy atom. The Balaban J connectivity index is 1.45. The molecule has 34 heavy (non-hydrogen) atoms. The van der Waals surface area contributed by atoms with Gasteiger partial charge in [0.2, 0.25) is 0 Å². The fourth-order valence-electron chi connectivity index (χ4n) is 2.69. The first-order chi connectivity index (χ1) is 16.5. The lowest BCUT2D eigenvalue weighted by molar-refractivity contribution is -0.136. The number of amides is 3. The van der Waals surface area contributed by atoms with Crippen LogP contribution in [0.2, 0.25) is 5.02 Å². The Kier molecular flexibility index (Phi) is 8.59. The molecule has 0 atom stereocenters. The highest BCUT2D eigenvalue weighted by Gasteiger charge is 2.14. The molecule has 3 N–H and O–H groups in total. The van der Waals surface area contributed by atoms with E-state index in [4.69, 9.17) is 21.1 Å². The number of hydrogen-bond acceptors (Lipinski definition) is 6. The van der Waals surface area contributed by atoms with Crippen molar-refractivity contribution in [3.8, 4) is 11.5 Å². The molecule has 3 rings (SSSR count). The third kappa shape index (κ3) is 7.07. The molecule has 0 saturated carbocycles. The van der Waals surface area contributed by atoms with Crippen molar-refractivity contribution >= 4 is 46.9 Å². The molecule has 0 aliphatic rings. The molecular formula is C24H21ClN4O5. The van der Waals surface area contributed by atoms with Crippen molar-refractivity contribution in [3.05, 3.63) is 83.4 Å². The van der Waals surface area contributed by atoms with Crippen LogP contribution in [0.25, 0.3) is 0 Å². The Labute approximate surface area is 200 Å². The zero-order valence-corrected chi connectivity index (χ0v) is 18.8. The second-order valence-electron chi connectivity index (χ2n) is 6.74. The minimum atomic E-state index is -0.947. The highest BCUT2D eigenvalue weighted by molar-refractivity contribution is 6.41. The number of rotatable bonds is 8. The van der Waals surface area contributed by atoms with Gasteiger partial charge in [-0.15, -0.1) is 0 Å². The number of hydrazone groups is 1. The second-order valence-corrected chi connectivity index (χ2v) is 7.15. The van der Waals surface area contributed by atoms with E-state index in [9.17, 15) is 14.4 Å². The summed E-state index contributed by atoms with van der Waals surface area (Å²) in [7, 11) is 1.52. The number of nitrogens with one attached hydrogen (secondary N) is 3. The second kappa shape index (κ2) is 12.0. The van der Waals surface area contributed by atoms with Gasteiger partial charge in [0, 0.05) is 0 Å². The lowest BCUT2D eigenvalue weighted by atomic mass is 10.2. The van der Waals surface area contributed by atoms with Crippen molar-refractivity contribution in [1.82, 2.24) is 5.43 Å². The molecule has 0 heterocycles. The molecule has 0 spiro atoms. The summed E-state index contributed by atoms with van der Waals surface area (Å²) in [5.41, 5.74) is 3.64. The Hall–Kier alpha value is -4.37. The number of ether oxygens (including phenoxy) is 2. The van der Waals surface area contributed by atoms with Crippen LogP contribution < -0.4 is 25.5 Å². The first-order valence-electron chi connectivity index (χ1n) is 10.0. The number of hydrogen-bond donors (Lipinski definition) is 3. The number of benzene rings is 3. The lowest BCUT2D eigenvalue weighted by Gasteiger charge is -2.10. The van der Waals surface area contributed by atoms with Crippen molar-refractivity contribution in [2.45, 2.75) is 0 Å². The lowest BCUT2D eigenvalue weighted by Crippen LogP contribution is -2.32. The van der Waals surface area contributed by atoms with E-state index in [0.29, 0.717) is 33.5 Å². The van der Waals surface area contributed by atoms with Gasteiger partial charge < -0.3 is 20.1 Å². The first-order valence-corrected chi connectivity index (χ1v) is 10.4. The fraction of sp³-hybridized carbons (Fsp3) is 0.0833.